The zero-order chi connectivity index (χ0) is 18.9. The lowest BCUT2D eigenvalue weighted by molar-refractivity contribution is -0.122. The molecule has 2 aromatic rings. The normalized spacial score (nSPS) is 10.1. The highest BCUT2D eigenvalue weighted by Crippen LogP contribution is 2.19. The molecule has 7 heteroatoms. The molecular weight excluding hydrogens is 334 g/mol. The van der Waals surface area contributed by atoms with E-state index in [9.17, 15) is 14.4 Å². The van der Waals surface area contributed by atoms with Crippen LogP contribution in [-0.2, 0) is 4.79 Å². The third kappa shape index (κ3) is 5.94. The van der Waals surface area contributed by atoms with Crippen molar-refractivity contribution in [2.45, 2.75) is 19.9 Å². The second-order valence-electron chi connectivity index (χ2n) is 5.78. The molecule has 0 bridgehead atoms. The largest absolute Gasteiger partial charge is 0.483 e. The van der Waals surface area contributed by atoms with Crippen LogP contribution < -0.4 is 20.7 Å². The van der Waals surface area contributed by atoms with Crippen molar-refractivity contribution < 1.29 is 19.1 Å². The van der Waals surface area contributed by atoms with E-state index in [-0.39, 0.29) is 29.9 Å². The molecule has 0 unspecified atom stereocenters. The number of nitrogens with one attached hydrogen (secondary N) is 3. The molecule has 7 nitrogen and oxygen atoms in total. The van der Waals surface area contributed by atoms with Crippen LogP contribution in [0.1, 0.15) is 24.2 Å². The van der Waals surface area contributed by atoms with Crippen molar-refractivity contribution in [3.63, 3.8) is 0 Å². The molecule has 0 fully saturated rings. The Hall–Kier alpha value is -3.35. The summed E-state index contributed by atoms with van der Waals surface area (Å²) in [6.07, 6.45) is 0. The molecule has 4 amide bonds. The van der Waals surface area contributed by atoms with E-state index < -0.39 is 11.9 Å². The van der Waals surface area contributed by atoms with Crippen LogP contribution in [0.5, 0.6) is 5.75 Å². The number of anilines is 1. The number of carbonyl (C=O) groups excluding carboxylic acids is 3. The number of urea groups is 1. The fourth-order valence-corrected chi connectivity index (χ4v) is 2.10. The standard InChI is InChI=1S/C19H21N3O4/c1-13(2)20-19(25)22-17(23)12-26-16-11-7-6-10-15(16)18(24)21-14-8-4-3-5-9-14/h3-11,13H,12H2,1-2H3,(H,21,24)(H2,20,22,23,25). The molecule has 136 valence electrons. The maximum absolute atomic E-state index is 12.4. The first-order valence-electron chi connectivity index (χ1n) is 8.14. The first-order chi connectivity index (χ1) is 12.5. The second-order valence-corrected chi connectivity index (χ2v) is 5.78. The number of ether oxygens (including phenoxy) is 1. The number of benzene rings is 2. The minimum atomic E-state index is -0.610. The van der Waals surface area contributed by atoms with Crippen molar-refractivity contribution >= 4 is 23.5 Å². The summed E-state index contributed by atoms with van der Waals surface area (Å²) in [5, 5.41) is 7.45. The van der Waals surface area contributed by atoms with Gasteiger partial charge in [0.25, 0.3) is 11.8 Å². The highest BCUT2D eigenvalue weighted by molar-refractivity contribution is 6.06. The van der Waals surface area contributed by atoms with E-state index >= 15 is 0 Å². The van der Waals surface area contributed by atoms with E-state index in [1.54, 1.807) is 50.2 Å². The summed E-state index contributed by atoms with van der Waals surface area (Å²) >= 11 is 0. The van der Waals surface area contributed by atoms with Crippen LogP contribution in [0.15, 0.2) is 54.6 Å². The Labute approximate surface area is 151 Å². The molecule has 2 rings (SSSR count). The average Bonchev–Trinajstić information content (AvgIpc) is 2.60. The molecule has 0 saturated heterocycles. The van der Waals surface area contributed by atoms with E-state index in [1.807, 2.05) is 18.2 Å². The number of para-hydroxylation sites is 2. The lowest BCUT2D eigenvalue weighted by Crippen LogP contribution is -2.44. The molecule has 0 saturated carbocycles. The zero-order valence-corrected chi connectivity index (χ0v) is 14.6. The molecule has 0 aliphatic carbocycles. The number of imide groups is 1. The summed E-state index contributed by atoms with van der Waals surface area (Å²) in [7, 11) is 0. The fourth-order valence-electron chi connectivity index (χ4n) is 2.10. The van der Waals surface area contributed by atoms with Crippen molar-refractivity contribution in [1.82, 2.24) is 10.6 Å². The molecule has 0 heterocycles. The molecule has 0 spiro atoms. The van der Waals surface area contributed by atoms with Gasteiger partial charge in [-0.3, -0.25) is 14.9 Å². The Morgan fingerprint density at radius 3 is 2.31 bits per heavy atom. The van der Waals surface area contributed by atoms with Gasteiger partial charge < -0.3 is 15.4 Å². The predicted molar refractivity (Wildman–Crippen MR) is 98.1 cm³/mol. The minimum absolute atomic E-state index is 0.0915. The summed E-state index contributed by atoms with van der Waals surface area (Å²) < 4.78 is 5.41. The molecule has 0 radical (unpaired) electrons. The van der Waals surface area contributed by atoms with Gasteiger partial charge in [0.1, 0.15) is 5.75 Å². The number of carbonyl (C=O) groups is 3. The third-order valence-corrected chi connectivity index (χ3v) is 3.19. The number of hydrogen-bond acceptors (Lipinski definition) is 4. The van der Waals surface area contributed by atoms with Gasteiger partial charge in [-0.05, 0) is 38.1 Å². The van der Waals surface area contributed by atoms with Crippen molar-refractivity contribution in [1.29, 1.82) is 0 Å². The first-order valence-corrected chi connectivity index (χ1v) is 8.14. The van der Waals surface area contributed by atoms with Crippen LogP contribution in [0.3, 0.4) is 0 Å². The minimum Gasteiger partial charge on any atom is -0.483 e. The maximum Gasteiger partial charge on any atom is 0.321 e. The van der Waals surface area contributed by atoms with Crippen LogP contribution >= 0.6 is 0 Å². The Kier molecular flexibility index (Phi) is 6.73. The molecule has 0 atom stereocenters. The highest BCUT2D eigenvalue weighted by atomic mass is 16.5. The van der Waals surface area contributed by atoms with Gasteiger partial charge in [0, 0.05) is 11.7 Å². The van der Waals surface area contributed by atoms with Crippen molar-refractivity contribution in [2.24, 2.45) is 0 Å². The second kappa shape index (κ2) is 9.22. The molecule has 2 aromatic carbocycles. The Bertz CT molecular complexity index is 775. The van der Waals surface area contributed by atoms with Crippen LogP contribution in [0.2, 0.25) is 0 Å². The summed E-state index contributed by atoms with van der Waals surface area (Å²) in [6.45, 7) is 3.17. The third-order valence-electron chi connectivity index (χ3n) is 3.19. The smallest absolute Gasteiger partial charge is 0.321 e. The van der Waals surface area contributed by atoms with E-state index in [4.69, 9.17) is 4.74 Å². The van der Waals surface area contributed by atoms with Crippen LogP contribution in [0.25, 0.3) is 0 Å². The van der Waals surface area contributed by atoms with Crippen LogP contribution in [0.4, 0.5) is 10.5 Å². The number of amides is 4. The maximum atomic E-state index is 12.4. The zero-order valence-electron chi connectivity index (χ0n) is 14.6. The number of hydrogen-bond donors (Lipinski definition) is 3. The SMILES string of the molecule is CC(C)NC(=O)NC(=O)COc1ccccc1C(=O)Nc1ccccc1. The predicted octanol–water partition coefficient (Wildman–Crippen LogP) is 2.55. The van der Waals surface area contributed by atoms with E-state index in [0.29, 0.717) is 5.69 Å². The molecule has 26 heavy (non-hydrogen) atoms. The van der Waals surface area contributed by atoms with Crippen molar-refractivity contribution in [2.75, 3.05) is 11.9 Å². The fraction of sp³-hybridized carbons (Fsp3) is 0.211. The molecule has 0 aliphatic rings. The lowest BCUT2D eigenvalue weighted by Gasteiger charge is -2.12. The van der Waals surface area contributed by atoms with E-state index in [1.165, 1.54) is 0 Å². The Morgan fingerprint density at radius 1 is 0.962 bits per heavy atom. The molecular formula is C19H21N3O4. The van der Waals surface area contributed by atoms with E-state index in [0.717, 1.165) is 0 Å². The summed E-state index contributed by atoms with van der Waals surface area (Å²) in [4.78, 5) is 35.7. The van der Waals surface area contributed by atoms with Gasteiger partial charge in [0.05, 0.1) is 5.56 Å². The van der Waals surface area contributed by atoms with Gasteiger partial charge in [-0.2, -0.15) is 0 Å². The summed E-state index contributed by atoms with van der Waals surface area (Å²) in [6, 6.07) is 14.9. The van der Waals surface area contributed by atoms with Gasteiger partial charge in [-0.15, -0.1) is 0 Å². The van der Waals surface area contributed by atoms with Gasteiger partial charge in [-0.1, -0.05) is 30.3 Å². The molecule has 3 N–H and O–H groups in total. The van der Waals surface area contributed by atoms with Crippen molar-refractivity contribution in [3.05, 3.63) is 60.2 Å². The average molecular weight is 355 g/mol. The summed E-state index contributed by atoms with van der Waals surface area (Å²) in [5.74, 6) is -0.716. The number of rotatable bonds is 6. The summed E-state index contributed by atoms with van der Waals surface area (Å²) in [5.41, 5.74) is 0.936. The highest BCUT2D eigenvalue weighted by Gasteiger charge is 2.14. The van der Waals surface area contributed by atoms with Gasteiger partial charge in [0.15, 0.2) is 6.61 Å². The quantitative estimate of drug-likeness (QED) is 0.742. The van der Waals surface area contributed by atoms with Gasteiger partial charge in [-0.25, -0.2) is 4.79 Å². The van der Waals surface area contributed by atoms with E-state index in [2.05, 4.69) is 16.0 Å². The van der Waals surface area contributed by atoms with Crippen molar-refractivity contribution in [3.8, 4) is 5.75 Å². The van der Waals surface area contributed by atoms with Gasteiger partial charge >= 0.3 is 6.03 Å². The van der Waals surface area contributed by atoms with Crippen LogP contribution in [0, 0.1) is 0 Å². The molecule has 0 aromatic heterocycles. The van der Waals surface area contributed by atoms with Crippen LogP contribution in [-0.4, -0.2) is 30.5 Å². The van der Waals surface area contributed by atoms with Gasteiger partial charge in [0.2, 0.25) is 0 Å². The monoisotopic (exact) mass is 355 g/mol. The Morgan fingerprint density at radius 2 is 1.62 bits per heavy atom. The molecule has 0 aliphatic heterocycles. The first kappa shape index (κ1) is 19.0. The lowest BCUT2D eigenvalue weighted by atomic mass is 10.2. The topological polar surface area (TPSA) is 96.5 Å². The Balaban J connectivity index is 1.97.